The molecule has 0 bridgehead atoms. The third-order valence-corrected chi connectivity index (χ3v) is 6.28. The van der Waals surface area contributed by atoms with Crippen LogP contribution in [0.4, 0.5) is 4.39 Å². The van der Waals surface area contributed by atoms with Crippen molar-refractivity contribution in [2.45, 2.75) is 49.8 Å². The van der Waals surface area contributed by atoms with Crippen molar-refractivity contribution < 1.29 is 33.7 Å². The molecule has 0 aliphatic carbocycles. The normalized spacial score (nSPS) is 22.2. The number of nitrogens with zero attached hydrogens (tertiary/aromatic N) is 1. The number of aryl methyl sites for hydroxylation is 1. The molecule has 0 spiro atoms. The summed E-state index contributed by atoms with van der Waals surface area (Å²) in [5, 5.41) is 23.2. The number of hydrogen-bond acceptors (Lipinski definition) is 9. The van der Waals surface area contributed by atoms with Crippen LogP contribution in [0.15, 0.2) is 46.1 Å². The zero-order valence-corrected chi connectivity index (χ0v) is 20.3. The zero-order chi connectivity index (χ0) is 26.2. The first-order valence-corrected chi connectivity index (χ1v) is 12.6. The van der Waals surface area contributed by atoms with E-state index in [2.05, 4.69) is 5.32 Å². The van der Waals surface area contributed by atoms with Crippen molar-refractivity contribution in [2.75, 3.05) is 18.6 Å². The Morgan fingerprint density at radius 3 is 2.67 bits per heavy atom. The van der Waals surface area contributed by atoms with Gasteiger partial charge in [0.15, 0.2) is 6.23 Å². The molecule has 4 N–H and O–H groups in total. The summed E-state index contributed by atoms with van der Waals surface area (Å²) in [4.78, 5) is 50.1. The quantitative estimate of drug-likeness (QED) is 0.289. The number of H-pyrrole nitrogens is 1. The average molecular weight is 526 g/mol. The van der Waals surface area contributed by atoms with Crippen molar-refractivity contribution in [3.63, 3.8) is 0 Å². The second-order valence-electron chi connectivity index (χ2n) is 8.21. The number of amides is 1. The Hall–Kier alpha value is -3.00. The van der Waals surface area contributed by atoms with Gasteiger partial charge in [0.05, 0.1) is 6.20 Å². The van der Waals surface area contributed by atoms with Gasteiger partial charge in [-0.15, -0.1) is 0 Å². The summed E-state index contributed by atoms with van der Waals surface area (Å²) in [5.41, 5.74) is -1.31. The van der Waals surface area contributed by atoms with Gasteiger partial charge < -0.3 is 25.0 Å². The minimum absolute atomic E-state index is 0.176. The summed E-state index contributed by atoms with van der Waals surface area (Å²) in [7, 11) is 0. The maximum atomic E-state index is 13.6. The van der Waals surface area contributed by atoms with Gasteiger partial charge in [0.1, 0.15) is 31.0 Å². The lowest BCUT2D eigenvalue weighted by atomic mass is 10.1. The molecule has 1 amide bonds. The summed E-state index contributed by atoms with van der Waals surface area (Å²) in [6.45, 7) is -0.496. The largest absolute Gasteiger partial charge is 0.461 e. The smallest absolute Gasteiger partial charge is 0.330 e. The van der Waals surface area contributed by atoms with Gasteiger partial charge in [0, 0.05) is 6.42 Å². The second-order valence-corrected chi connectivity index (χ2v) is 9.19. The highest BCUT2D eigenvalue weighted by molar-refractivity contribution is 7.98. The van der Waals surface area contributed by atoms with Gasteiger partial charge >= 0.3 is 11.7 Å². The first-order chi connectivity index (χ1) is 17.2. The minimum atomic E-state index is -1.67. The number of aromatic amines is 1. The van der Waals surface area contributed by atoms with E-state index in [1.165, 1.54) is 11.8 Å². The molecule has 36 heavy (non-hydrogen) atoms. The van der Waals surface area contributed by atoms with Crippen molar-refractivity contribution in [1.29, 1.82) is 0 Å². The number of hydrogen-bond donors (Lipinski definition) is 4. The Kier molecular flexibility index (Phi) is 9.81. The van der Waals surface area contributed by atoms with Crippen molar-refractivity contribution in [1.82, 2.24) is 14.9 Å². The van der Waals surface area contributed by atoms with Crippen LogP contribution in [0, 0.1) is 5.82 Å². The molecule has 1 aromatic carbocycles. The topological polar surface area (TPSA) is 160 Å². The molecule has 196 valence electrons. The molecule has 0 saturated carbocycles. The van der Waals surface area contributed by atoms with Gasteiger partial charge in [0.25, 0.3) is 5.56 Å². The molecular formula is C23H28FN3O8S. The predicted octanol–water partition coefficient (Wildman–Crippen LogP) is -0.291. The van der Waals surface area contributed by atoms with Crippen LogP contribution in [0.3, 0.4) is 0 Å². The molecule has 1 aliphatic rings. The number of halogens is 1. The van der Waals surface area contributed by atoms with Crippen molar-refractivity contribution >= 4 is 23.6 Å². The molecule has 2 aromatic rings. The number of rotatable bonds is 11. The van der Waals surface area contributed by atoms with E-state index in [1.807, 2.05) is 36.6 Å². The SMILES string of the molecule is CSCC[C@H](NC(=O)CCc1ccccc1)C(=O)OC[C@@H]1O[C@H](n2cc(F)c(=O)[nH]c2=O)C(O)C1O. The van der Waals surface area contributed by atoms with E-state index in [1.54, 1.807) is 4.98 Å². The van der Waals surface area contributed by atoms with Crippen molar-refractivity contribution in [3.05, 3.63) is 68.7 Å². The number of aliphatic hydroxyl groups is 2. The Bertz CT molecular complexity index is 1160. The Morgan fingerprint density at radius 1 is 1.25 bits per heavy atom. The van der Waals surface area contributed by atoms with E-state index in [9.17, 15) is 33.8 Å². The highest BCUT2D eigenvalue weighted by Crippen LogP contribution is 2.28. The van der Waals surface area contributed by atoms with Gasteiger partial charge in [-0.3, -0.25) is 19.1 Å². The summed E-state index contributed by atoms with van der Waals surface area (Å²) < 4.78 is 24.9. The number of nitrogens with one attached hydrogen (secondary N) is 2. The van der Waals surface area contributed by atoms with Crippen LogP contribution in [0.2, 0.25) is 0 Å². The number of benzene rings is 1. The summed E-state index contributed by atoms with van der Waals surface area (Å²) in [5.74, 6) is -1.79. The highest BCUT2D eigenvalue weighted by atomic mass is 32.2. The molecular weight excluding hydrogens is 497 g/mol. The van der Waals surface area contributed by atoms with Crippen LogP contribution in [0.1, 0.15) is 24.6 Å². The molecule has 1 saturated heterocycles. The van der Waals surface area contributed by atoms with Crippen LogP contribution < -0.4 is 16.6 Å². The number of thioether (sulfide) groups is 1. The van der Waals surface area contributed by atoms with E-state index in [0.717, 1.165) is 5.56 Å². The average Bonchev–Trinajstić information content (AvgIpc) is 3.15. The molecule has 2 unspecified atom stereocenters. The second kappa shape index (κ2) is 12.8. The number of carbonyl (C=O) groups is 2. The van der Waals surface area contributed by atoms with Gasteiger partial charge in [-0.2, -0.15) is 16.2 Å². The van der Waals surface area contributed by atoms with Crippen molar-refractivity contribution in [3.8, 4) is 0 Å². The first-order valence-electron chi connectivity index (χ1n) is 11.2. The number of aliphatic hydroxyl groups excluding tert-OH is 2. The van der Waals surface area contributed by atoms with E-state index < -0.39 is 60.2 Å². The molecule has 13 heteroatoms. The maximum absolute atomic E-state index is 13.6. The molecule has 0 radical (unpaired) electrons. The third kappa shape index (κ3) is 7.03. The first kappa shape index (κ1) is 27.6. The van der Waals surface area contributed by atoms with Crippen LogP contribution >= 0.6 is 11.8 Å². The summed E-state index contributed by atoms with van der Waals surface area (Å²) in [6, 6.07) is 8.49. The van der Waals surface area contributed by atoms with Crippen LogP contribution in [0.5, 0.6) is 0 Å². The number of carbonyl (C=O) groups excluding carboxylic acids is 2. The third-order valence-electron chi connectivity index (χ3n) is 5.64. The summed E-state index contributed by atoms with van der Waals surface area (Å²) >= 11 is 1.49. The Labute approximate surface area is 209 Å². The maximum Gasteiger partial charge on any atom is 0.330 e. The molecule has 1 fully saturated rings. The lowest BCUT2D eigenvalue weighted by Gasteiger charge is -2.20. The molecule has 2 heterocycles. The highest BCUT2D eigenvalue weighted by Gasteiger charge is 2.45. The molecule has 1 aliphatic heterocycles. The number of esters is 1. The standard InChI is InChI=1S/C23H28FN3O8S/c1-36-10-9-15(25-17(28)8-7-13-5-3-2-4-6-13)22(32)34-12-16-18(29)19(30)21(35-16)27-11-14(24)20(31)26-23(27)33/h2-6,11,15-16,18-19,21,29-30H,7-10,12H2,1H3,(H,25,28)(H,26,31,33)/t15-,16-,18?,19?,21-/m0/s1. The van der Waals surface area contributed by atoms with Gasteiger partial charge in [-0.1, -0.05) is 30.3 Å². The van der Waals surface area contributed by atoms with Crippen LogP contribution in [-0.4, -0.2) is 74.6 Å². The van der Waals surface area contributed by atoms with Gasteiger partial charge in [-0.25, -0.2) is 9.59 Å². The summed E-state index contributed by atoms with van der Waals surface area (Å²) in [6.07, 6.45) is -2.61. The fourth-order valence-electron chi connectivity index (χ4n) is 3.66. The van der Waals surface area contributed by atoms with Gasteiger partial charge in [0.2, 0.25) is 11.7 Å². The lowest BCUT2D eigenvalue weighted by molar-refractivity contribution is -0.154. The van der Waals surface area contributed by atoms with E-state index >= 15 is 0 Å². The van der Waals surface area contributed by atoms with E-state index in [4.69, 9.17) is 9.47 Å². The van der Waals surface area contributed by atoms with Crippen LogP contribution in [-0.2, 0) is 25.5 Å². The zero-order valence-electron chi connectivity index (χ0n) is 19.5. The van der Waals surface area contributed by atoms with Gasteiger partial charge in [-0.05, 0) is 30.4 Å². The minimum Gasteiger partial charge on any atom is -0.461 e. The van der Waals surface area contributed by atoms with Crippen molar-refractivity contribution in [2.24, 2.45) is 0 Å². The number of ether oxygens (including phenoxy) is 2. The number of aromatic nitrogens is 2. The lowest BCUT2D eigenvalue weighted by Crippen LogP contribution is -2.43. The molecule has 11 nitrogen and oxygen atoms in total. The van der Waals surface area contributed by atoms with E-state index in [0.29, 0.717) is 29.4 Å². The van der Waals surface area contributed by atoms with E-state index in [-0.39, 0.29) is 12.3 Å². The molecule has 5 atom stereocenters. The monoisotopic (exact) mass is 525 g/mol. The van der Waals surface area contributed by atoms with Crippen LogP contribution in [0.25, 0.3) is 0 Å². The fraction of sp³-hybridized carbons (Fsp3) is 0.478. The molecule has 3 rings (SSSR count). The predicted molar refractivity (Wildman–Crippen MR) is 128 cm³/mol. The fourth-order valence-corrected chi connectivity index (χ4v) is 4.14. The Morgan fingerprint density at radius 2 is 1.97 bits per heavy atom. The Balaban J connectivity index is 1.58. The molecule has 1 aromatic heterocycles.